The standard InChI is InChI=1S/C42H62O17/c1-37(2)20-8-11-42(7)31(19(43)14-17-18-15-40(5,36(54)55)21(44)16-38(18,3)12-13-41(17,42)6)39(20,4)10-9-22(37)56-35-30(26(48)25(47)29(58-35)33(52)53)59-34-27(49)23(45)24(46)28(57-34)32(50)51/h14,18,20-31,34-35,44-49H,8-13,15-16H2,1-7H3,(H,50,51)(H,52,53)(H,54,55)/t18-,20-,21-,22-,23-,24-,25-,26-,27+,28-,29-,30+,31+,34-,35+,38-,39-,40+,41+,42+/m0/s1. The topological polar surface area (TPSA) is 287 Å². The molecule has 0 amide bonds. The normalized spacial score (nSPS) is 53.1. The Hall–Kier alpha value is -2.58. The molecule has 0 unspecified atom stereocenters. The fourth-order valence-electron chi connectivity index (χ4n) is 13.5. The van der Waals surface area contributed by atoms with Crippen molar-refractivity contribution in [2.24, 2.45) is 50.2 Å². The van der Waals surface area contributed by atoms with Crippen LogP contribution in [-0.2, 0) is 38.1 Å². The number of fused-ring (bicyclic) bond motifs is 7. The minimum absolute atomic E-state index is 0.00163. The second-order valence-corrected chi connectivity index (χ2v) is 20.7. The molecule has 0 aromatic carbocycles. The molecule has 17 heteroatoms. The number of carboxylic acid groups (broad SMARTS) is 3. The van der Waals surface area contributed by atoms with Crippen LogP contribution < -0.4 is 0 Å². The minimum atomic E-state index is -2.06. The van der Waals surface area contributed by atoms with Crippen molar-refractivity contribution in [2.75, 3.05) is 0 Å². The van der Waals surface area contributed by atoms with E-state index in [9.17, 15) is 65.1 Å². The molecule has 6 fully saturated rings. The molecule has 20 atom stereocenters. The average Bonchev–Trinajstić information content (AvgIpc) is 3.13. The molecule has 2 aliphatic heterocycles. The van der Waals surface area contributed by atoms with E-state index >= 15 is 0 Å². The van der Waals surface area contributed by atoms with Gasteiger partial charge in [-0.25, -0.2) is 9.59 Å². The Balaban J connectivity index is 1.18. The highest BCUT2D eigenvalue weighted by Gasteiger charge is 2.71. The van der Waals surface area contributed by atoms with Crippen LogP contribution in [0.1, 0.15) is 99.8 Å². The maximum atomic E-state index is 14.9. The van der Waals surface area contributed by atoms with Crippen LogP contribution in [0.15, 0.2) is 11.6 Å². The third-order valence-corrected chi connectivity index (χ3v) is 17.3. The summed E-state index contributed by atoms with van der Waals surface area (Å²) in [6, 6.07) is 0. The number of aliphatic hydroxyl groups excluding tert-OH is 6. The Labute approximate surface area is 342 Å². The number of carboxylic acids is 3. The molecular weight excluding hydrogens is 776 g/mol. The van der Waals surface area contributed by atoms with E-state index in [0.717, 1.165) is 18.4 Å². The van der Waals surface area contributed by atoms with Crippen molar-refractivity contribution in [1.82, 2.24) is 0 Å². The summed E-state index contributed by atoms with van der Waals surface area (Å²) in [6.07, 6.45) is -15.3. The van der Waals surface area contributed by atoms with Gasteiger partial charge in [0, 0.05) is 5.92 Å². The molecule has 59 heavy (non-hydrogen) atoms. The quantitative estimate of drug-likeness (QED) is 0.163. The molecule has 2 heterocycles. The van der Waals surface area contributed by atoms with E-state index < -0.39 is 125 Å². The molecule has 4 saturated carbocycles. The number of rotatable bonds is 7. The summed E-state index contributed by atoms with van der Waals surface area (Å²) < 4.78 is 23.3. The fraction of sp³-hybridized carbons (Fsp3) is 0.857. The van der Waals surface area contributed by atoms with E-state index in [1.165, 1.54) is 0 Å². The number of hydrogen-bond acceptors (Lipinski definition) is 14. The van der Waals surface area contributed by atoms with Crippen molar-refractivity contribution >= 4 is 23.7 Å². The predicted molar refractivity (Wildman–Crippen MR) is 201 cm³/mol. The highest BCUT2D eigenvalue weighted by atomic mass is 16.8. The highest BCUT2D eigenvalue weighted by molar-refractivity contribution is 5.95. The first kappa shape index (κ1) is 44.5. The first-order valence-corrected chi connectivity index (χ1v) is 20.8. The number of aliphatic carboxylic acids is 3. The fourth-order valence-corrected chi connectivity index (χ4v) is 13.5. The van der Waals surface area contributed by atoms with Gasteiger partial charge in [-0.2, -0.15) is 0 Å². The first-order chi connectivity index (χ1) is 27.2. The average molecular weight is 839 g/mol. The second-order valence-electron chi connectivity index (χ2n) is 20.7. The third-order valence-electron chi connectivity index (χ3n) is 17.3. The summed E-state index contributed by atoms with van der Waals surface area (Å²) in [6.45, 7) is 14.3. The Morgan fingerprint density at radius 1 is 0.695 bits per heavy atom. The molecule has 332 valence electrons. The highest BCUT2D eigenvalue weighted by Crippen LogP contribution is 2.75. The van der Waals surface area contributed by atoms with Gasteiger partial charge in [0.05, 0.1) is 17.6 Å². The van der Waals surface area contributed by atoms with Crippen LogP contribution in [-0.4, -0.2) is 143 Å². The lowest BCUT2D eigenvalue weighted by Gasteiger charge is -2.70. The Bertz CT molecular complexity index is 1770. The second kappa shape index (κ2) is 14.5. The van der Waals surface area contributed by atoms with Gasteiger partial charge < -0.3 is 64.9 Å². The Kier molecular flexibility index (Phi) is 10.9. The molecule has 0 bridgehead atoms. The molecule has 0 spiro atoms. The number of carbonyl (C=O) groups excluding carboxylic acids is 1. The molecular formula is C42H62O17. The SMILES string of the molecule is CC1(C)[C@@H](O[C@@H]2O[C@H](C(=O)O)[C@@H](O)[C@H](O)[C@H]2O[C@@H]2O[C@H](C(=O)O)[C@@H](O)[C@H](O)[C@H]2O)CC[C@]2(C)[C@H]3C(=O)C=C4[C@@H]5C[C@@](C)(C(=O)O)[C@@H](O)C[C@]5(C)CC[C@@]4(C)[C@]3(C)CC[C@@H]12. The lowest BCUT2D eigenvalue weighted by atomic mass is 9.33. The summed E-state index contributed by atoms with van der Waals surface area (Å²) >= 11 is 0. The molecule has 7 rings (SSSR count). The van der Waals surface area contributed by atoms with Crippen LogP contribution >= 0.6 is 0 Å². The molecule has 0 radical (unpaired) electrons. The molecule has 2 saturated heterocycles. The summed E-state index contributed by atoms with van der Waals surface area (Å²) in [4.78, 5) is 51.4. The van der Waals surface area contributed by atoms with Gasteiger partial charge in [-0.05, 0) is 103 Å². The monoisotopic (exact) mass is 838 g/mol. The van der Waals surface area contributed by atoms with E-state index in [2.05, 4.69) is 27.7 Å². The van der Waals surface area contributed by atoms with Gasteiger partial charge in [0.2, 0.25) is 0 Å². The number of allylic oxidation sites excluding steroid dienone is 2. The third kappa shape index (κ3) is 6.38. The van der Waals surface area contributed by atoms with Gasteiger partial charge in [0.1, 0.15) is 36.6 Å². The van der Waals surface area contributed by atoms with Crippen molar-refractivity contribution in [3.63, 3.8) is 0 Å². The summed E-state index contributed by atoms with van der Waals surface area (Å²) in [5, 5.41) is 94.1. The van der Waals surface area contributed by atoms with Crippen molar-refractivity contribution in [1.29, 1.82) is 0 Å². The van der Waals surface area contributed by atoms with Crippen LogP contribution in [0.25, 0.3) is 0 Å². The van der Waals surface area contributed by atoms with E-state index in [1.807, 2.05) is 13.8 Å². The van der Waals surface area contributed by atoms with Crippen LogP contribution in [0.2, 0.25) is 0 Å². The van der Waals surface area contributed by atoms with E-state index in [4.69, 9.17) is 18.9 Å². The number of carbonyl (C=O) groups is 4. The van der Waals surface area contributed by atoms with Gasteiger partial charge in [0.25, 0.3) is 0 Å². The molecule has 17 nitrogen and oxygen atoms in total. The number of ether oxygens (including phenoxy) is 4. The molecule has 0 aromatic heterocycles. The lowest BCUT2D eigenvalue weighted by Crippen LogP contribution is -2.68. The van der Waals surface area contributed by atoms with Gasteiger partial charge >= 0.3 is 17.9 Å². The smallest absolute Gasteiger partial charge is 0.335 e. The molecule has 9 N–H and O–H groups in total. The van der Waals surface area contributed by atoms with Gasteiger partial charge in [-0.3, -0.25) is 9.59 Å². The summed E-state index contributed by atoms with van der Waals surface area (Å²) in [5.41, 5.74) is -2.93. The number of aliphatic hydroxyl groups is 6. The van der Waals surface area contributed by atoms with E-state index in [0.29, 0.717) is 32.1 Å². The van der Waals surface area contributed by atoms with Gasteiger partial charge in [-0.15, -0.1) is 0 Å². The predicted octanol–water partition coefficient (Wildman–Crippen LogP) is 1.22. The van der Waals surface area contributed by atoms with Crippen molar-refractivity contribution in [3.05, 3.63) is 11.6 Å². The van der Waals surface area contributed by atoms with Crippen LogP contribution in [0, 0.1) is 50.2 Å². The molecule has 0 aromatic rings. The van der Waals surface area contributed by atoms with Gasteiger partial charge in [0.15, 0.2) is 30.6 Å². The van der Waals surface area contributed by atoms with E-state index in [1.54, 1.807) is 13.0 Å². The maximum absolute atomic E-state index is 14.9. The zero-order chi connectivity index (χ0) is 43.7. The van der Waals surface area contributed by atoms with Crippen LogP contribution in [0.4, 0.5) is 0 Å². The number of hydrogen-bond donors (Lipinski definition) is 9. The van der Waals surface area contributed by atoms with Crippen molar-refractivity contribution in [2.45, 2.75) is 173 Å². The summed E-state index contributed by atoms with van der Waals surface area (Å²) in [7, 11) is 0. The van der Waals surface area contributed by atoms with E-state index in [-0.39, 0.29) is 29.5 Å². The lowest BCUT2D eigenvalue weighted by molar-refractivity contribution is -0.371. The minimum Gasteiger partial charge on any atom is -0.481 e. The zero-order valence-electron chi connectivity index (χ0n) is 34.7. The summed E-state index contributed by atoms with van der Waals surface area (Å²) in [5.74, 6) is -5.08. The molecule has 7 aliphatic rings. The molecule has 5 aliphatic carbocycles. The maximum Gasteiger partial charge on any atom is 0.335 e. The van der Waals surface area contributed by atoms with Crippen LogP contribution in [0.3, 0.4) is 0 Å². The zero-order valence-corrected chi connectivity index (χ0v) is 34.7. The van der Waals surface area contributed by atoms with Gasteiger partial charge in [-0.1, -0.05) is 47.1 Å². The van der Waals surface area contributed by atoms with Crippen LogP contribution in [0.5, 0.6) is 0 Å². The number of ketones is 1. The van der Waals surface area contributed by atoms with Crippen molar-refractivity contribution < 1.29 is 84.1 Å². The van der Waals surface area contributed by atoms with Crippen molar-refractivity contribution in [3.8, 4) is 0 Å². The first-order valence-electron chi connectivity index (χ1n) is 20.8. The Morgan fingerprint density at radius 2 is 1.29 bits per heavy atom. The largest absolute Gasteiger partial charge is 0.481 e. The Morgan fingerprint density at radius 3 is 1.88 bits per heavy atom.